The molecule has 1 rings (SSSR count). The van der Waals surface area contributed by atoms with Crippen molar-refractivity contribution < 1.29 is 4.79 Å². The summed E-state index contributed by atoms with van der Waals surface area (Å²) >= 11 is 0. The second-order valence-corrected chi connectivity index (χ2v) is 6.09. The molecule has 5 nitrogen and oxygen atoms in total. The Bertz CT molecular complexity index is 414. The summed E-state index contributed by atoms with van der Waals surface area (Å²) in [7, 11) is 4.05. The van der Waals surface area contributed by atoms with Gasteiger partial charge in [0, 0.05) is 24.8 Å². The van der Waals surface area contributed by atoms with Crippen LogP contribution < -0.4 is 5.32 Å². The lowest BCUT2D eigenvalue weighted by molar-refractivity contribution is -0.117. The van der Waals surface area contributed by atoms with Crippen LogP contribution in [0.4, 0.5) is 5.82 Å². The van der Waals surface area contributed by atoms with Gasteiger partial charge >= 0.3 is 0 Å². The number of carbonyl (C=O) groups excluding carboxylic acids is 1. The van der Waals surface area contributed by atoms with Gasteiger partial charge in [-0.15, -0.1) is 0 Å². The molecule has 1 aromatic rings. The van der Waals surface area contributed by atoms with Gasteiger partial charge in [0.05, 0.1) is 6.54 Å². The number of carbonyl (C=O) groups is 1. The largest absolute Gasteiger partial charge is 0.310 e. The van der Waals surface area contributed by atoms with E-state index >= 15 is 0 Å². The molecule has 0 atom stereocenters. The average molecular weight is 278 g/mol. The van der Waals surface area contributed by atoms with E-state index in [2.05, 4.69) is 43.0 Å². The number of nitrogens with one attached hydrogen (secondary N) is 1. The van der Waals surface area contributed by atoms with Gasteiger partial charge in [0.25, 0.3) is 0 Å². The van der Waals surface area contributed by atoms with Gasteiger partial charge in [0.1, 0.15) is 5.82 Å². The van der Waals surface area contributed by atoms with Gasteiger partial charge < -0.3 is 10.2 Å². The van der Waals surface area contributed by atoms with Crippen LogP contribution >= 0.6 is 0 Å². The van der Waals surface area contributed by atoms with E-state index in [4.69, 9.17) is 0 Å². The smallest absolute Gasteiger partial charge is 0.239 e. The molecule has 0 unspecified atom stereocenters. The third kappa shape index (κ3) is 6.12. The zero-order chi connectivity index (χ0) is 15.2. The van der Waals surface area contributed by atoms with E-state index in [9.17, 15) is 4.79 Å². The molecule has 1 heterocycles. The number of likely N-dealkylation sites (N-methyl/N-ethyl adjacent to an activating group) is 2. The van der Waals surface area contributed by atoms with Crippen molar-refractivity contribution in [1.82, 2.24) is 14.8 Å². The van der Waals surface area contributed by atoms with Gasteiger partial charge in [-0.3, -0.25) is 9.69 Å². The molecule has 5 heteroatoms. The van der Waals surface area contributed by atoms with Gasteiger partial charge in [-0.25, -0.2) is 4.98 Å². The van der Waals surface area contributed by atoms with Crippen molar-refractivity contribution in [2.45, 2.75) is 26.3 Å². The number of hydrogen-bond donors (Lipinski definition) is 1. The van der Waals surface area contributed by atoms with E-state index < -0.39 is 0 Å². The maximum absolute atomic E-state index is 11.9. The van der Waals surface area contributed by atoms with Crippen molar-refractivity contribution in [3.63, 3.8) is 0 Å². The van der Waals surface area contributed by atoms with Crippen LogP contribution in [0.3, 0.4) is 0 Å². The lowest BCUT2D eigenvalue weighted by Gasteiger charge is -2.33. The molecule has 112 valence electrons. The van der Waals surface area contributed by atoms with E-state index in [-0.39, 0.29) is 11.4 Å². The lowest BCUT2D eigenvalue weighted by Crippen LogP contribution is -2.43. The summed E-state index contributed by atoms with van der Waals surface area (Å²) in [5, 5.41) is 2.79. The summed E-state index contributed by atoms with van der Waals surface area (Å²) < 4.78 is 0. The van der Waals surface area contributed by atoms with E-state index in [0.717, 1.165) is 13.1 Å². The van der Waals surface area contributed by atoms with Crippen molar-refractivity contribution in [2.75, 3.05) is 39.0 Å². The van der Waals surface area contributed by atoms with Crippen molar-refractivity contribution in [1.29, 1.82) is 0 Å². The first-order valence-electron chi connectivity index (χ1n) is 6.89. The molecule has 0 saturated carbocycles. The first-order valence-corrected chi connectivity index (χ1v) is 6.89. The predicted octanol–water partition coefficient (Wildman–Crippen LogP) is 1.68. The predicted molar refractivity (Wildman–Crippen MR) is 82.7 cm³/mol. The topological polar surface area (TPSA) is 48.5 Å². The first kappa shape index (κ1) is 16.6. The van der Waals surface area contributed by atoms with E-state index in [1.807, 2.05) is 24.1 Å². The number of aromatic nitrogens is 1. The fourth-order valence-electron chi connectivity index (χ4n) is 1.60. The molecule has 0 aromatic carbocycles. The second-order valence-electron chi connectivity index (χ2n) is 6.09. The first-order chi connectivity index (χ1) is 9.29. The Morgan fingerprint density at radius 3 is 2.50 bits per heavy atom. The summed E-state index contributed by atoms with van der Waals surface area (Å²) in [6.07, 6.45) is 1.66. The molecule has 0 aliphatic rings. The minimum absolute atomic E-state index is 0.0374. The molecule has 0 aliphatic carbocycles. The molecule has 0 bridgehead atoms. The molecule has 1 aromatic heterocycles. The summed E-state index contributed by atoms with van der Waals surface area (Å²) in [6, 6.07) is 5.46. The highest BCUT2D eigenvalue weighted by molar-refractivity contribution is 5.91. The third-order valence-electron chi connectivity index (χ3n) is 3.31. The van der Waals surface area contributed by atoms with E-state index in [1.165, 1.54) is 0 Å². The van der Waals surface area contributed by atoms with E-state index in [1.54, 1.807) is 12.3 Å². The number of nitrogens with zero attached hydrogens (tertiary/aromatic N) is 3. The third-order valence-corrected chi connectivity index (χ3v) is 3.31. The second kappa shape index (κ2) is 7.36. The Morgan fingerprint density at radius 2 is 1.95 bits per heavy atom. The Hall–Kier alpha value is -1.46. The molecular weight excluding hydrogens is 252 g/mol. The number of rotatable bonds is 6. The normalized spacial score (nSPS) is 11.9. The summed E-state index contributed by atoms with van der Waals surface area (Å²) in [5.74, 6) is 0.558. The maximum Gasteiger partial charge on any atom is 0.239 e. The quantitative estimate of drug-likeness (QED) is 0.860. The van der Waals surface area contributed by atoms with Crippen molar-refractivity contribution in [2.24, 2.45) is 0 Å². The molecule has 0 aliphatic heterocycles. The Morgan fingerprint density at radius 1 is 1.25 bits per heavy atom. The molecule has 0 spiro atoms. The van der Waals surface area contributed by atoms with Crippen LogP contribution in [0.5, 0.6) is 0 Å². The van der Waals surface area contributed by atoms with Gasteiger partial charge in [0.2, 0.25) is 5.91 Å². The standard InChI is InChI=1S/C15H26N4O/c1-15(2,3)19(5)11-10-18(4)12-14(20)17-13-8-6-7-9-16-13/h6-9H,10-12H2,1-5H3,(H,16,17,20). The average Bonchev–Trinajstić information content (AvgIpc) is 2.35. The summed E-state index contributed by atoms with van der Waals surface area (Å²) in [5.41, 5.74) is 0.150. The van der Waals surface area contributed by atoms with Gasteiger partial charge in [-0.1, -0.05) is 6.07 Å². The van der Waals surface area contributed by atoms with Crippen LogP contribution in [0.1, 0.15) is 20.8 Å². The fraction of sp³-hybridized carbons (Fsp3) is 0.600. The van der Waals surface area contributed by atoms with Crippen molar-refractivity contribution in [3.8, 4) is 0 Å². The maximum atomic E-state index is 11.9. The monoisotopic (exact) mass is 278 g/mol. The number of anilines is 1. The Kier molecular flexibility index (Phi) is 6.10. The van der Waals surface area contributed by atoms with Crippen molar-refractivity contribution in [3.05, 3.63) is 24.4 Å². The number of amides is 1. The molecule has 0 saturated heterocycles. The molecule has 1 N–H and O–H groups in total. The van der Waals surface area contributed by atoms with Gasteiger partial charge in [-0.2, -0.15) is 0 Å². The zero-order valence-electron chi connectivity index (χ0n) is 13.2. The minimum Gasteiger partial charge on any atom is -0.310 e. The summed E-state index contributed by atoms with van der Waals surface area (Å²) in [6.45, 7) is 8.69. The summed E-state index contributed by atoms with van der Waals surface area (Å²) in [4.78, 5) is 20.2. The number of pyridine rings is 1. The SMILES string of the molecule is CN(CCN(C)C(C)(C)C)CC(=O)Nc1ccccn1. The Labute approximate surface area is 122 Å². The molecule has 0 fully saturated rings. The van der Waals surface area contributed by atoms with Crippen LogP contribution in [-0.2, 0) is 4.79 Å². The van der Waals surface area contributed by atoms with Crippen LogP contribution in [0.25, 0.3) is 0 Å². The molecule has 0 radical (unpaired) electrons. The van der Waals surface area contributed by atoms with Gasteiger partial charge in [-0.05, 0) is 47.0 Å². The minimum atomic E-state index is -0.0374. The lowest BCUT2D eigenvalue weighted by atomic mass is 10.1. The fourth-order valence-corrected chi connectivity index (χ4v) is 1.60. The number of hydrogen-bond acceptors (Lipinski definition) is 4. The van der Waals surface area contributed by atoms with E-state index in [0.29, 0.717) is 12.4 Å². The Balaban J connectivity index is 2.32. The molecule has 20 heavy (non-hydrogen) atoms. The van der Waals surface area contributed by atoms with Crippen molar-refractivity contribution >= 4 is 11.7 Å². The van der Waals surface area contributed by atoms with Crippen LogP contribution in [0, 0.1) is 0 Å². The van der Waals surface area contributed by atoms with Crippen LogP contribution in [0.15, 0.2) is 24.4 Å². The van der Waals surface area contributed by atoms with Gasteiger partial charge in [0.15, 0.2) is 0 Å². The van der Waals surface area contributed by atoms with Crippen LogP contribution in [0.2, 0.25) is 0 Å². The molecular formula is C15H26N4O. The molecule has 1 amide bonds. The zero-order valence-corrected chi connectivity index (χ0v) is 13.2. The highest BCUT2D eigenvalue weighted by Gasteiger charge is 2.17. The van der Waals surface area contributed by atoms with Crippen LogP contribution in [-0.4, -0.2) is 60.0 Å². The highest BCUT2D eigenvalue weighted by Crippen LogP contribution is 2.09. The highest BCUT2D eigenvalue weighted by atomic mass is 16.2.